The van der Waals surface area contributed by atoms with E-state index >= 15 is 0 Å². The SMILES string of the molecule is COC(=O)N1CCC(CNC(=O)C(=O)Nc2ccc(C)cc2)CC1. The van der Waals surface area contributed by atoms with E-state index in [9.17, 15) is 14.4 Å². The van der Waals surface area contributed by atoms with Gasteiger partial charge in [0.15, 0.2) is 0 Å². The Morgan fingerprint density at radius 2 is 1.75 bits per heavy atom. The average Bonchev–Trinajstić information content (AvgIpc) is 2.61. The van der Waals surface area contributed by atoms with Crippen LogP contribution in [0.4, 0.5) is 10.5 Å². The van der Waals surface area contributed by atoms with Gasteiger partial charge in [0.2, 0.25) is 0 Å². The van der Waals surface area contributed by atoms with E-state index in [-0.39, 0.29) is 12.0 Å². The standard InChI is InChI=1S/C17H23N3O4/c1-12-3-5-14(6-4-12)19-16(22)15(21)18-11-13-7-9-20(10-8-13)17(23)24-2/h3-6,13H,7-11H2,1-2H3,(H,18,21)(H,19,22). The minimum Gasteiger partial charge on any atom is -0.453 e. The van der Waals surface area contributed by atoms with Crippen LogP contribution >= 0.6 is 0 Å². The Labute approximate surface area is 141 Å². The number of carbonyl (C=O) groups is 3. The molecule has 3 amide bonds. The number of hydrogen-bond acceptors (Lipinski definition) is 4. The van der Waals surface area contributed by atoms with Gasteiger partial charge in [0, 0.05) is 25.3 Å². The lowest BCUT2D eigenvalue weighted by Gasteiger charge is -2.30. The van der Waals surface area contributed by atoms with Gasteiger partial charge in [-0.15, -0.1) is 0 Å². The molecule has 0 aromatic heterocycles. The van der Waals surface area contributed by atoms with Crippen LogP contribution in [0.2, 0.25) is 0 Å². The number of piperidine rings is 1. The first-order valence-electron chi connectivity index (χ1n) is 7.98. The van der Waals surface area contributed by atoms with Crippen LogP contribution in [-0.2, 0) is 14.3 Å². The number of carbonyl (C=O) groups excluding carboxylic acids is 3. The number of rotatable bonds is 3. The summed E-state index contributed by atoms with van der Waals surface area (Å²) in [6.07, 6.45) is 1.22. The lowest BCUT2D eigenvalue weighted by molar-refractivity contribution is -0.136. The number of anilines is 1. The fraction of sp³-hybridized carbons (Fsp3) is 0.471. The van der Waals surface area contributed by atoms with Gasteiger partial charge in [-0.1, -0.05) is 17.7 Å². The Morgan fingerprint density at radius 1 is 1.12 bits per heavy atom. The molecule has 1 heterocycles. The summed E-state index contributed by atoms with van der Waals surface area (Å²) in [5.41, 5.74) is 1.67. The summed E-state index contributed by atoms with van der Waals surface area (Å²) in [6.45, 7) is 3.57. The van der Waals surface area contributed by atoms with Gasteiger partial charge < -0.3 is 20.3 Å². The van der Waals surface area contributed by atoms with E-state index < -0.39 is 11.8 Å². The molecule has 1 saturated heterocycles. The monoisotopic (exact) mass is 333 g/mol. The number of aryl methyl sites for hydroxylation is 1. The van der Waals surface area contributed by atoms with Crippen molar-refractivity contribution in [2.24, 2.45) is 5.92 Å². The molecule has 1 aliphatic heterocycles. The lowest BCUT2D eigenvalue weighted by atomic mass is 9.97. The Kier molecular flexibility index (Phi) is 6.17. The molecule has 1 aliphatic rings. The molecule has 0 bridgehead atoms. The largest absolute Gasteiger partial charge is 0.453 e. The van der Waals surface area contributed by atoms with E-state index in [2.05, 4.69) is 15.4 Å². The molecule has 7 heteroatoms. The van der Waals surface area contributed by atoms with Crippen LogP contribution in [0.25, 0.3) is 0 Å². The van der Waals surface area contributed by atoms with Crippen LogP contribution in [0.3, 0.4) is 0 Å². The fourth-order valence-electron chi connectivity index (χ4n) is 2.59. The highest BCUT2D eigenvalue weighted by Gasteiger charge is 2.24. The molecule has 0 unspecified atom stereocenters. The summed E-state index contributed by atoms with van der Waals surface area (Å²) in [6, 6.07) is 7.23. The molecule has 0 aliphatic carbocycles. The fourth-order valence-corrected chi connectivity index (χ4v) is 2.59. The smallest absolute Gasteiger partial charge is 0.409 e. The van der Waals surface area contributed by atoms with E-state index in [0.717, 1.165) is 18.4 Å². The van der Waals surface area contributed by atoms with E-state index in [1.54, 1.807) is 17.0 Å². The normalized spacial score (nSPS) is 14.8. The van der Waals surface area contributed by atoms with Gasteiger partial charge in [0.05, 0.1) is 7.11 Å². The molecule has 0 saturated carbocycles. The summed E-state index contributed by atoms with van der Waals surface area (Å²) in [5.74, 6) is -1.07. The third-order valence-corrected chi connectivity index (χ3v) is 4.11. The van der Waals surface area contributed by atoms with Gasteiger partial charge >= 0.3 is 17.9 Å². The first kappa shape index (κ1) is 17.8. The molecule has 1 aromatic carbocycles. The van der Waals surface area contributed by atoms with E-state index in [1.165, 1.54) is 7.11 Å². The summed E-state index contributed by atoms with van der Waals surface area (Å²) in [4.78, 5) is 36.8. The number of benzene rings is 1. The van der Waals surface area contributed by atoms with Crippen LogP contribution in [0.1, 0.15) is 18.4 Å². The molecule has 0 atom stereocenters. The zero-order valence-corrected chi connectivity index (χ0v) is 14.0. The van der Waals surface area contributed by atoms with E-state index in [4.69, 9.17) is 0 Å². The maximum atomic E-state index is 11.9. The molecule has 2 N–H and O–H groups in total. The highest BCUT2D eigenvalue weighted by molar-refractivity contribution is 6.39. The number of hydrogen-bond donors (Lipinski definition) is 2. The van der Waals surface area contributed by atoms with Crippen molar-refractivity contribution in [2.45, 2.75) is 19.8 Å². The number of methoxy groups -OCH3 is 1. The summed E-state index contributed by atoms with van der Waals surface area (Å²) >= 11 is 0. The average molecular weight is 333 g/mol. The van der Waals surface area contributed by atoms with Crippen LogP contribution in [0, 0.1) is 12.8 Å². The predicted molar refractivity (Wildman–Crippen MR) is 89.5 cm³/mol. The summed E-state index contributed by atoms with van der Waals surface area (Å²) < 4.78 is 4.68. The molecular weight excluding hydrogens is 310 g/mol. The van der Waals surface area contributed by atoms with Crippen molar-refractivity contribution >= 4 is 23.6 Å². The topological polar surface area (TPSA) is 87.7 Å². The minimum absolute atomic E-state index is 0.252. The predicted octanol–water partition coefficient (Wildman–Crippen LogP) is 1.53. The van der Waals surface area contributed by atoms with E-state index in [0.29, 0.717) is 25.3 Å². The Balaban J connectivity index is 1.72. The number of nitrogens with one attached hydrogen (secondary N) is 2. The summed E-state index contributed by atoms with van der Waals surface area (Å²) in [5, 5.41) is 5.22. The molecule has 1 aromatic rings. The third-order valence-electron chi connectivity index (χ3n) is 4.11. The second kappa shape index (κ2) is 8.33. The van der Waals surface area contributed by atoms with Crippen LogP contribution < -0.4 is 10.6 Å². The van der Waals surface area contributed by atoms with E-state index in [1.807, 2.05) is 19.1 Å². The van der Waals surface area contributed by atoms with Crippen molar-refractivity contribution < 1.29 is 19.1 Å². The van der Waals surface area contributed by atoms with Gasteiger partial charge in [-0.05, 0) is 37.8 Å². The lowest BCUT2D eigenvalue weighted by Crippen LogP contribution is -2.43. The molecule has 2 rings (SSSR count). The highest BCUT2D eigenvalue weighted by Crippen LogP contribution is 2.17. The second-order valence-corrected chi connectivity index (χ2v) is 5.93. The molecule has 24 heavy (non-hydrogen) atoms. The van der Waals surface area contributed by atoms with Gasteiger partial charge in [-0.3, -0.25) is 9.59 Å². The van der Waals surface area contributed by atoms with Gasteiger partial charge in [-0.25, -0.2) is 4.79 Å². The quantitative estimate of drug-likeness (QED) is 0.821. The second-order valence-electron chi connectivity index (χ2n) is 5.93. The Morgan fingerprint density at radius 3 is 2.33 bits per heavy atom. The van der Waals surface area contributed by atoms with Crippen LogP contribution in [0.5, 0.6) is 0 Å². The number of nitrogens with zero attached hydrogens (tertiary/aromatic N) is 1. The zero-order chi connectivity index (χ0) is 17.5. The summed E-state index contributed by atoms with van der Waals surface area (Å²) in [7, 11) is 1.36. The number of amides is 3. The zero-order valence-electron chi connectivity index (χ0n) is 14.0. The van der Waals surface area contributed by atoms with Crippen molar-refractivity contribution in [1.29, 1.82) is 0 Å². The van der Waals surface area contributed by atoms with Crippen molar-refractivity contribution in [3.63, 3.8) is 0 Å². The molecule has 0 spiro atoms. The maximum absolute atomic E-state index is 11.9. The number of likely N-dealkylation sites (tertiary alicyclic amines) is 1. The molecule has 1 fully saturated rings. The Bertz CT molecular complexity index is 592. The molecule has 0 radical (unpaired) electrons. The van der Waals surface area contributed by atoms with Gasteiger partial charge in [0.25, 0.3) is 0 Å². The number of ether oxygens (including phenoxy) is 1. The first-order chi connectivity index (χ1) is 11.5. The Hall–Kier alpha value is -2.57. The minimum atomic E-state index is -0.675. The van der Waals surface area contributed by atoms with Crippen molar-refractivity contribution in [1.82, 2.24) is 10.2 Å². The molecule has 7 nitrogen and oxygen atoms in total. The van der Waals surface area contributed by atoms with Crippen LogP contribution in [0.15, 0.2) is 24.3 Å². The maximum Gasteiger partial charge on any atom is 0.409 e. The molecular formula is C17H23N3O4. The van der Waals surface area contributed by atoms with Crippen molar-refractivity contribution in [3.05, 3.63) is 29.8 Å². The highest BCUT2D eigenvalue weighted by atomic mass is 16.5. The molecule has 130 valence electrons. The van der Waals surface area contributed by atoms with Gasteiger partial charge in [0.1, 0.15) is 0 Å². The third kappa shape index (κ3) is 4.97. The first-order valence-corrected chi connectivity index (χ1v) is 7.98. The van der Waals surface area contributed by atoms with Crippen molar-refractivity contribution in [3.8, 4) is 0 Å². The van der Waals surface area contributed by atoms with Crippen molar-refractivity contribution in [2.75, 3.05) is 32.1 Å². The van der Waals surface area contributed by atoms with Crippen LogP contribution in [-0.4, -0.2) is 49.6 Å². The van der Waals surface area contributed by atoms with Gasteiger partial charge in [-0.2, -0.15) is 0 Å².